The lowest BCUT2D eigenvalue weighted by atomic mass is 10.1. The van der Waals surface area contributed by atoms with Gasteiger partial charge in [0.25, 0.3) is 0 Å². The standard InChI is InChI=1S/C17H21BrN2O3/c1-11-7-13(3-4-14(11)18)20-9-12(8-15(20)21)16(22)19-6-5-17(2,23)10-19/h3-4,7,12,23H,5-6,8-10H2,1-2H3. The SMILES string of the molecule is Cc1cc(N2CC(C(=O)N3CCC(C)(O)C3)CC2=O)ccc1Br. The van der Waals surface area contributed by atoms with E-state index in [2.05, 4.69) is 15.9 Å². The molecule has 6 heteroatoms. The number of anilines is 1. The first-order valence-corrected chi connectivity index (χ1v) is 8.64. The first-order valence-electron chi connectivity index (χ1n) is 7.84. The second-order valence-corrected chi connectivity index (χ2v) is 7.70. The smallest absolute Gasteiger partial charge is 0.228 e. The zero-order valence-corrected chi connectivity index (χ0v) is 15.0. The Morgan fingerprint density at radius 2 is 2.17 bits per heavy atom. The minimum atomic E-state index is -0.805. The summed E-state index contributed by atoms with van der Waals surface area (Å²) in [6, 6.07) is 5.77. The number of benzene rings is 1. The fourth-order valence-electron chi connectivity index (χ4n) is 3.31. The van der Waals surface area contributed by atoms with E-state index >= 15 is 0 Å². The van der Waals surface area contributed by atoms with Gasteiger partial charge >= 0.3 is 0 Å². The molecular formula is C17H21BrN2O3. The number of hydrogen-bond donors (Lipinski definition) is 1. The Hall–Kier alpha value is -1.40. The van der Waals surface area contributed by atoms with Gasteiger partial charge in [-0.05, 0) is 44.0 Å². The minimum Gasteiger partial charge on any atom is -0.388 e. The Kier molecular flexibility index (Phi) is 4.23. The van der Waals surface area contributed by atoms with Crippen LogP contribution in [0, 0.1) is 12.8 Å². The molecule has 2 amide bonds. The number of β-amino-alcohol motifs (C(OH)–C–C–N with tert-alkyl or cyclic N) is 1. The number of aliphatic hydroxyl groups is 1. The van der Waals surface area contributed by atoms with Crippen molar-refractivity contribution in [3.8, 4) is 0 Å². The van der Waals surface area contributed by atoms with Gasteiger partial charge in [-0.3, -0.25) is 9.59 Å². The lowest BCUT2D eigenvalue weighted by Gasteiger charge is -2.22. The predicted molar refractivity (Wildman–Crippen MR) is 91.2 cm³/mol. The largest absolute Gasteiger partial charge is 0.388 e. The fourth-order valence-corrected chi connectivity index (χ4v) is 3.56. The second-order valence-electron chi connectivity index (χ2n) is 6.85. The first kappa shape index (κ1) is 16.5. The first-order chi connectivity index (χ1) is 10.8. The normalized spacial score (nSPS) is 27.8. The summed E-state index contributed by atoms with van der Waals surface area (Å²) in [7, 11) is 0. The Balaban J connectivity index is 1.72. The van der Waals surface area contributed by atoms with Gasteiger partial charge in [0.05, 0.1) is 11.5 Å². The van der Waals surface area contributed by atoms with Crippen LogP contribution in [0.15, 0.2) is 22.7 Å². The average molecular weight is 381 g/mol. The van der Waals surface area contributed by atoms with E-state index in [0.29, 0.717) is 26.1 Å². The Morgan fingerprint density at radius 1 is 1.43 bits per heavy atom. The predicted octanol–water partition coefficient (Wildman–Crippen LogP) is 2.09. The topological polar surface area (TPSA) is 60.9 Å². The number of hydrogen-bond acceptors (Lipinski definition) is 3. The zero-order chi connectivity index (χ0) is 16.8. The van der Waals surface area contributed by atoms with Gasteiger partial charge in [-0.15, -0.1) is 0 Å². The minimum absolute atomic E-state index is 0.0176. The van der Waals surface area contributed by atoms with Crippen molar-refractivity contribution in [3.63, 3.8) is 0 Å². The number of aryl methyl sites for hydroxylation is 1. The summed E-state index contributed by atoms with van der Waals surface area (Å²) < 4.78 is 1.000. The summed E-state index contributed by atoms with van der Waals surface area (Å²) in [4.78, 5) is 28.3. The number of carbonyl (C=O) groups excluding carboxylic acids is 2. The molecule has 124 valence electrons. The Morgan fingerprint density at radius 3 is 2.78 bits per heavy atom. The Bertz CT molecular complexity index is 659. The molecule has 1 aromatic rings. The summed E-state index contributed by atoms with van der Waals surface area (Å²) in [5.41, 5.74) is 1.08. The van der Waals surface area contributed by atoms with Crippen molar-refractivity contribution in [1.29, 1.82) is 0 Å². The van der Waals surface area contributed by atoms with Gasteiger partial charge in [0.2, 0.25) is 11.8 Å². The van der Waals surface area contributed by atoms with E-state index in [9.17, 15) is 14.7 Å². The quantitative estimate of drug-likeness (QED) is 0.854. The number of rotatable bonds is 2. The van der Waals surface area contributed by atoms with Crippen molar-refractivity contribution in [3.05, 3.63) is 28.2 Å². The van der Waals surface area contributed by atoms with Crippen LogP contribution in [0.5, 0.6) is 0 Å². The van der Waals surface area contributed by atoms with Crippen molar-refractivity contribution in [2.24, 2.45) is 5.92 Å². The van der Waals surface area contributed by atoms with Crippen LogP contribution in [-0.2, 0) is 9.59 Å². The van der Waals surface area contributed by atoms with Gasteiger partial charge in [0.1, 0.15) is 0 Å². The van der Waals surface area contributed by atoms with E-state index in [1.54, 1.807) is 16.7 Å². The highest BCUT2D eigenvalue weighted by Crippen LogP contribution is 2.30. The molecule has 0 radical (unpaired) electrons. The van der Waals surface area contributed by atoms with Crippen molar-refractivity contribution in [2.75, 3.05) is 24.5 Å². The maximum Gasteiger partial charge on any atom is 0.228 e. The summed E-state index contributed by atoms with van der Waals surface area (Å²) in [6.07, 6.45) is 0.835. The van der Waals surface area contributed by atoms with Crippen LogP contribution in [0.3, 0.4) is 0 Å². The number of amides is 2. The van der Waals surface area contributed by atoms with E-state index < -0.39 is 5.60 Å². The van der Waals surface area contributed by atoms with Crippen LogP contribution in [0.1, 0.15) is 25.3 Å². The molecular weight excluding hydrogens is 360 g/mol. The van der Waals surface area contributed by atoms with Crippen molar-refractivity contribution in [2.45, 2.75) is 32.3 Å². The molecule has 2 fully saturated rings. The maximum atomic E-state index is 12.6. The maximum absolute atomic E-state index is 12.6. The van der Waals surface area contributed by atoms with Crippen LogP contribution in [0.25, 0.3) is 0 Å². The number of halogens is 1. The van der Waals surface area contributed by atoms with E-state index in [1.807, 2.05) is 25.1 Å². The van der Waals surface area contributed by atoms with Crippen LogP contribution in [0.2, 0.25) is 0 Å². The van der Waals surface area contributed by atoms with Gasteiger partial charge in [0, 0.05) is 36.2 Å². The van der Waals surface area contributed by atoms with E-state index in [0.717, 1.165) is 15.7 Å². The van der Waals surface area contributed by atoms with Crippen LogP contribution >= 0.6 is 15.9 Å². The molecule has 0 spiro atoms. The van der Waals surface area contributed by atoms with Gasteiger partial charge in [0.15, 0.2) is 0 Å². The van der Waals surface area contributed by atoms with Crippen LogP contribution in [0.4, 0.5) is 5.69 Å². The molecule has 0 saturated carbocycles. The summed E-state index contributed by atoms with van der Waals surface area (Å²) in [5, 5.41) is 10.0. The molecule has 2 atom stereocenters. The van der Waals surface area contributed by atoms with Crippen molar-refractivity contribution < 1.29 is 14.7 Å². The highest BCUT2D eigenvalue weighted by atomic mass is 79.9. The molecule has 2 heterocycles. The summed E-state index contributed by atoms with van der Waals surface area (Å²) in [6.45, 7) is 5.05. The molecule has 5 nitrogen and oxygen atoms in total. The average Bonchev–Trinajstić information content (AvgIpc) is 3.04. The molecule has 3 rings (SSSR count). The molecule has 0 bridgehead atoms. The van der Waals surface area contributed by atoms with Gasteiger partial charge in [-0.25, -0.2) is 0 Å². The molecule has 2 saturated heterocycles. The van der Waals surface area contributed by atoms with Crippen molar-refractivity contribution >= 4 is 33.4 Å². The van der Waals surface area contributed by atoms with E-state index in [4.69, 9.17) is 0 Å². The monoisotopic (exact) mass is 380 g/mol. The van der Waals surface area contributed by atoms with Crippen LogP contribution < -0.4 is 4.90 Å². The molecule has 1 N–H and O–H groups in total. The molecule has 2 aliphatic heterocycles. The Labute approximate surface area is 144 Å². The molecule has 1 aromatic carbocycles. The third kappa shape index (κ3) is 3.28. The van der Waals surface area contributed by atoms with Gasteiger partial charge in [-0.2, -0.15) is 0 Å². The molecule has 2 aliphatic rings. The third-order valence-electron chi connectivity index (χ3n) is 4.69. The molecule has 23 heavy (non-hydrogen) atoms. The van der Waals surface area contributed by atoms with Crippen LogP contribution in [-0.4, -0.2) is 47.1 Å². The summed E-state index contributed by atoms with van der Waals surface area (Å²) in [5.74, 6) is -0.358. The zero-order valence-electron chi connectivity index (χ0n) is 13.4. The fraction of sp³-hybridized carbons (Fsp3) is 0.529. The van der Waals surface area contributed by atoms with Gasteiger partial charge < -0.3 is 14.9 Å². The highest BCUT2D eigenvalue weighted by molar-refractivity contribution is 9.10. The third-order valence-corrected chi connectivity index (χ3v) is 5.58. The molecule has 2 unspecified atom stereocenters. The number of likely N-dealkylation sites (tertiary alicyclic amines) is 1. The lowest BCUT2D eigenvalue weighted by molar-refractivity contribution is -0.135. The number of nitrogens with zero attached hydrogens (tertiary/aromatic N) is 2. The van der Waals surface area contributed by atoms with Gasteiger partial charge in [-0.1, -0.05) is 15.9 Å². The van der Waals surface area contributed by atoms with E-state index in [1.165, 1.54) is 0 Å². The molecule has 0 aromatic heterocycles. The number of carbonyl (C=O) groups is 2. The molecule has 0 aliphatic carbocycles. The lowest BCUT2D eigenvalue weighted by Crippen LogP contribution is -2.38. The second kappa shape index (κ2) is 5.91. The highest BCUT2D eigenvalue weighted by Gasteiger charge is 2.41. The summed E-state index contributed by atoms with van der Waals surface area (Å²) >= 11 is 3.46. The van der Waals surface area contributed by atoms with Crippen molar-refractivity contribution in [1.82, 2.24) is 4.90 Å². The van der Waals surface area contributed by atoms with E-state index in [-0.39, 0.29) is 24.2 Å².